The van der Waals surface area contributed by atoms with E-state index in [1.165, 1.54) is 0 Å². The largest absolute Gasteiger partial charge is 0.417 e. The van der Waals surface area contributed by atoms with Crippen molar-refractivity contribution in [2.75, 3.05) is 12.3 Å². The Morgan fingerprint density at radius 2 is 2.00 bits per heavy atom. The number of carbonyl (C=O) groups is 1. The number of nitrogens with zero attached hydrogens (tertiary/aromatic N) is 4. The molecule has 4 rings (SSSR count). The minimum absolute atomic E-state index is 0.149. The number of nitrogens with one attached hydrogen (secondary N) is 1. The van der Waals surface area contributed by atoms with E-state index in [1.54, 1.807) is 37.4 Å². The molecule has 7 nitrogen and oxygen atoms in total. The highest BCUT2D eigenvalue weighted by Crippen LogP contribution is 2.37. The zero-order valence-electron chi connectivity index (χ0n) is 19.7. The molecule has 0 bridgehead atoms. The number of anilines is 1. The second-order valence-corrected chi connectivity index (χ2v) is 8.90. The minimum Gasteiger partial charge on any atom is -0.397 e. The van der Waals surface area contributed by atoms with E-state index in [9.17, 15) is 18.0 Å². The van der Waals surface area contributed by atoms with Gasteiger partial charge in [-0.05, 0) is 50.6 Å². The number of carbonyl (C=O) groups excluding carboxylic acids is 1. The number of hydrazone groups is 1. The first-order chi connectivity index (χ1) is 16.5. The fourth-order valence-electron chi connectivity index (χ4n) is 4.63. The van der Waals surface area contributed by atoms with Crippen LogP contribution in [0.4, 0.5) is 18.9 Å². The normalized spacial score (nSPS) is 16.6. The molecule has 0 radical (unpaired) electrons. The molecule has 0 fully saturated rings. The average molecular weight is 485 g/mol. The molecular formula is C25H27F3N6O. The van der Waals surface area contributed by atoms with E-state index in [0.717, 1.165) is 35.3 Å². The van der Waals surface area contributed by atoms with Gasteiger partial charge in [-0.1, -0.05) is 13.0 Å². The molecule has 0 saturated carbocycles. The molecule has 1 aliphatic rings. The van der Waals surface area contributed by atoms with Crippen LogP contribution in [0.15, 0.2) is 53.9 Å². The second-order valence-electron chi connectivity index (χ2n) is 8.90. The summed E-state index contributed by atoms with van der Waals surface area (Å²) in [5.74, 6) is -0.405. The van der Waals surface area contributed by atoms with Crippen molar-refractivity contribution in [2.24, 2.45) is 5.10 Å². The number of fused-ring (bicyclic) bond motifs is 1. The topological polar surface area (TPSA) is 96.5 Å². The van der Waals surface area contributed by atoms with Gasteiger partial charge in [0.05, 0.1) is 28.5 Å². The van der Waals surface area contributed by atoms with Gasteiger partial charge in [0, 0.05) is 42.0 Å². The molecule has 3 heterocycles. The Kier molecular flexibility index (Phi) is 6.40. The first kappa shape index (κ1) is 24.4. The fourth-order valence-corrected chi connectivity index (χ4v) is 4.63. The monoisotopic (exact) mass is 484 g/mol. The van der Waals surface area contributed by atoms with Gasteiger partial charge in [0.1, 0.15) is 5.54 Å². The number of hydrogen-bond donors (Lipinski definition) is 2. The van der Waals surface area contributed by atoms with Gasteiger partial charge in [0.15, 0.2) is 0 Å². The molecule has 1 aliphatic heterocycles. The van der Waals surface area contributed by atoms with Crippen LogP contribution >= 0.6 is 0 Å². The molecule has 2 atom stereocenters. The lowest BCUT2D eigenvalue weighted by Crippen LogP contribution is -2.57. The maximum atomic E-state index is 13.5. The van der Waals surface area contributed by atoms with E-state index in [4.69, 9.17) is 5.73 Å². The molecule has 35 heavy (non-hydrogen) atoms. The number of benzene rings is 1. The molecule has 2 aromatic heterocycles. The molecule has 0 spiro atoms. The average Bonchev–Trinajstić information content (AvgIpc) is 3.23. The maximum Gasteiger partial charge on any atom is 0.417 e. The molecule has 0 saturated heterocycles. The van der Waals surface area contributed by atoms with Crippen molar-refractivity contribution in [3.05, 3.63) is 65.6 Å². The SMILES string of the molecule is CCC(N1CCC(C)=N1)C(C)(NC(=O)c1ccc2ncccc2c1)c1ncc(C(F)(F)F)cc1N. The number of pyridine rings is 2. The second kappa shape index (κ2) is 9.16. The van der Waals surface area contributed by atoms with Crippen LogP contribution in [0.5, 0.6) is 0 Å². The van der Waals surface area contributed by atoms with Crippen molar-refractivity contribution >= 4 is 28.2 Å². The van der Waals surface area contributed by atoms with Crippen LogP contribution in [0.1, 0.15) is 55.2 Å². The van der Waals surface area contributed by atoms with Crippen molar-refractivity contribution in [1.29, 1.82) is 0 Å². The van der Waals surface area contributed by atoms with E-state index < -0.39 is 29.2 Å². The Morgan fingerprint density at radius 1 is 1.23 bits per heavy atom. The van der Waals surface area contributed by atoms with E-state index in [2.05, 4.69) is 20.4 Å². The van der Waals surface area contributed by atoms with Gasteiger partial charge in [-0.25, -0.2) is 0 Å². The molecule has 2 unspecified atom stereocenters. The summed E-state index contributed by atoms with van der Waals surface area (Å²) in [5.41, 5.74) is 6.03. The van der Waals surface area contributed by atoms with Crippen LogP contribution in [0, 0.1) is 0 Å². The highest BCUT2D eigenvalue weighted by atomic mass is 19.4. The Morgan fingerprint density at radius 3 is 2.63 bits per heavy atom. The summed E-state index contributed by atoms with van der Waals surface area (Å²) in [5, 5.41) is 10.3. The summed E-state index contributed by atoms with van der Waals surface area (Å²) in [4.78, 5) is 21.9. The minimum atomic E-state index is -4.58. The van der Waals surface area contributed by atoms with E-state index in [1.807, 2.05) is 24.9 Å². The highest BCUT2D eigenvalue weighted by Gasteiger charge is 2.44. The summed E-state index contributed by atoms with van der Waals surface area (Å²) in [6.45, 7) is 6.20. The van der Waals surface area contributed by atoms with Gasteiger partial charge in [0.25, 0.3) is 5.91 Å². The molecule has 10 heteroatoms. The van der Waals surface area contributed by atoms with Crippen LogP contribution < -0.4 is 11.1 Å². The maximum absolute atomic E-state index is 13.5. The molecule has 1 amide bonds. The van der Waals surface area contributed by atoms with Crippen LogP contribution in [0.25, 0.3) is 10.9 Å². The van der Waals surface area contributed by atoms with Gasteiger partial charge < -0.3 is 11.1 Å². The van der Waals surface area contributed by atoms with Gasteiger partial charge in [-0.2, -0.15) is 18.3 Å². The molecular weight excluding hydrogens is 457 g/mol. The first-order valence-electron chi connectivity index (χ1n) is 11.3. The molecule has 0 aliphatic carbocycles. The Bertz CT molecular complexity index is 1290. The number of rotatable bonds is 6. The third-order valence-corrected chi connectivity index (χ3v) is 6.39. The quantitative estimate of drug-likeness (QED) is 0.527. The third-order valence-electron chi connectivity index (χ3n) is 6.39. The van der Waals surface area contributed by atoms with Crippen molar-refractivity contribution in [2.45, 2.75) is 51.4 Å². The summed E-state index contributed by atoms with van der Waals surface area (Å²) in [6.07, 6.45) is -0.865. The number of aromatic nitrogens is 2. The lowest BCUT2D eigenvalue weighted by Gasteiger charge is -2.42. The molecule has 3 N–H and O–H groups in total. The van der Waals surface area contributed by atoms with Gasteiger partial charge in [-0.3, -0.25) is 19.8 Å². The van der Waals surface area contributed by atoms with E-state index in [-0.39, 0.29) is 11.4 Å². The van der Waals surface area contributed by atoms with E-state index in [0.29, 0.717) is 18.5 Å². The van der Waals surface area contributed by atoms with Crippen LogP contribution in [-0.2, 0) is 11.7 Å². The number of nitrogens with two attached hydrogens (primary N) is 1. The van der Waals surface area contributed by atoms with Crippen molar-refractivity contribution in [3.8, 4) is 0 Å². The standard InChI is InChI=1S/C25H27F3N6O/c1-4-21(34-11-9-15(2)33-34)24(3,22-19(29)13-18(14-31-22)25(26,27)28)32-23(35)17-7-8-20-16(12-17)6-5-10-30-20/h5-8,10,12-14,21H,4,9,11,29H2,1-3H3,(H,32,35). The number of nitrogen functional groups attached to an aromatic ring is 1. The van der Waals surface area contributed by atoms with Gasteiger partial charge in [0.2, 0.25) is 0 Å². The Balaban J connectivity index is 1.78. The van der Waals surface area contributed by atoms with Gasteiger partial charge >= 0.3 is 6.18 Å². The van der Waals surface area contributed by atoms with Crippen molar-refractivity contribution in [3.63, 3.8) is 0 Å². The smallest absolute Gasteiger partial charge is 0.397 e. The molecule has 3 aromatic rings. The Labute approximate surface area is 201 Å². The van der Waals surface area contributed by atoms with Gasteiger partial charge in [-0.15, -0.1) is 0 Å². The summed E-state index contributed by atoms with van der Waals surface area (Å²) in [6, 6.07) is 9.22. The summed E-state index contributed by atoms with van der Waals surface area (Å²) in [7, 11) is 0. The van der Waals surface area contributed by atoms with Crippen LogP contribution in [0.3, 0.4) is 0 Å². The lowest BCUT2D eigenvalue weighted by atomic mass is 9.84. The first-order valence-corrected chi connectivity index (χ1v) is 11.3. The van der Waals surface area contributed by atoms with E-state index >= 15 is 0 Å². The lowest BCUT2D eigenvalue weighted by molar-refractivity contribution is -0.137. The molecule has 1 aromatic carbocycles. The zero-order chi connectivity index (χ0) is 25.4. The number of hydrogen-bond acceptors (Lipinski definition) is 6. The third kappa shape index (κ3) is 4.78. The predicted octanol–water partition coefficient (Wildman–Crippen LogP) is 4.74. The molecule has 184 valence electrons. The van der Waals surface area contributed by atoms with Crippen LogP contribution in [-0.4, -0.2) is 39.2 Å². The highest BCUT2D eigenvalue weighted by molar-refractivity contribution is 5.98. The number of alkyl halides is 3. The fraction of sp³-hybridized carbons (Fsp3) is 0.360. The van der Waals surface area contributed by atoms with Crippen molar-refractivity contribution in [1.82, 2.24) is 20.3 Å². The Hall–Kier alpha value is -3.69. The van der Waals surface area contributed by atoms with Crippen molar-refractivity contribution < 1.29 is 18.0 Å². The summed E-state index contributed by atoms with van der Waals surface area (Å²) >= 11 is 0. The van der Waals surface area contributed by atoms with Crippen LogP contribution in [0.2, 0.25) is 0 Å². The number of halogens is 3. The number of amides is 1. The summed E-state index contributed by atoms with van der Waals surface area (Å²) < 4.78 is 39.8. The zero-order valence-corrected chi connectivity index (χ0v) is 19.7. The predicted molar refractivity (Wildman–Crippen MR) is 129 cm³/mol.